The molecule has 0 fully saturated rings. The van der Waals surface area contributed by atoms with Crippen LogP contribution in [0.15, 0.2) is 30.3 Å². The number of nitro groups is 1. The van der Waals surface area contributed by atoms with E-state index in [2.05, 4.69) is 0 Å². The fraction of sp³-hybridized carbons (Fsp3) is 0.500. The van der Waals surface area contributed by atoms with Crippen LogP contribution in [-0.4, -0.2) is 22.2 Å². The molecular formula is C12H17NO3. The molecule has 0 spiro atoms. The lowest BCUT2D eigenvalue weighted by atomic mass is 10.0. The Bertz CT molecular complexity index is 326. The van der Waals surface area contributed by atoms with Gasteiger partial charge in [-0.25, -0.2) is 0 Å². The number of benzene rings is 1. The van der Waals surface area contributed by atoms with E-state index in [1.165, 1.54) is 0 Å². The third kappa shape index (κ3) is 3.62. The molecule has 2 atom stereocenters. The van der Waals surface area contributed by atoms with Crippen molar-refractivity contribution in [3.05, 3.63) is 46.0 Å². The molecule has 0 unspecified atom stereocenters. The molecule has 0 radical (unpaired) electrons. The van der Waals surface area contributed by atoms with Gasteiger partial charge in [0.1, 0.15) is 6.10 Å². The maximum atomic E-state index is 10.6. The molecule has 0 amide bonds. The highest BCUT2D eigenvalue weighted by Crippen LogP contribution is 2.11. The second-order valence-corrected chi connectivity index (χ2v) is 3.85. The minimum atomic E-state index is -0.861. The first-order valence-electron chi connectivity index (χ1n) is 5.50. The summed E-state index contributed by atoms with van der Waals surface area (Å²) in [4.78, 5) is 10.2. The van der Waals surface area contributed by atoms with Crippen molar-refractivity contribution in [3.63, 3.8) is 0 Å². The van der Waals surface area contributed by atoms with Crippen LogP contribution in [0.5, 0.6) is 0 Å². The van der Waals surface area contributed by atoms with Crippen molar-refractivity contribution in [1.29, 1.82) is 0 Å². The Morgan fingerprint density at radius 3 is 2.50 bits per heavy atom. The molecule has 0 aliphatic heterocycles. The Morgan fingerprint density at radius 1 is 1.38 bits per heavy atom. The van der Waals surface area contributed by atoms with E-state index in [4.69, 9.17) is 0 Å². The standard InChI is InChI=1S/C12H17NO3/c1-2-11(13(15)16)12(14)9-8-10-6-4-3-5-7-10/h3-7,11-12,14H,2,8-9H2,1H3/t11-,12+/m0/s1. The predicted molar refractivity (Wildman–Crippen MR) is 61.8 cm³/mol. The zero-order chi connectivity index (χ0) is 12.0. The molecule has 88 valence electrons. The van der Waals surface area contributed by atoms with Gasteiger partial charge >= 0.3 is 0 Å². The molecule has 0 aromatic heterocycles. The Morgan fingerprint density at radius 2 is 2.00 bits per heavy atom. The third-order valence-electron chi connectivity index (χ3n) is 2.70. The predicted octanol–water partition coefficient (Wildman–Crippen LogP) is 2.04. The van der Waals surface area contributed by atoms with Gasteiger partial charge in [0.05, 0.1) is 0 Å². The molecule has 1 N–H and O–H groups in total. The molecule has 0 saturated heterocycles. The van der Waals surface area contributed by atoms with Crippen molar-refractivity contribution in [2.24, 2.45) is 0 Å². The van der Waals surface area contributed by atoms with Gasteiger partial charge in [-0.05, 0) is 18.4 Å². The van der Waals surface area contributed by atoms with E-state index in [1.807, 2.05) is 30.3 Å². The highest BCUT2D eigenvalue weighted by atomic mass is 16.6. The number of nitrogens with zero attached hydrogens (tertiary/aromatic N) is 1. The van der Waals surface area contributed by atoms with Crippen LogP contribution in [-0.2, 0) is 6.42 Å². The lowest BCUT2D eigenvalue weighted by Gasteiger charge is -2.14. The lowest BCUT2D eigenvalue weighted by molar-refractivity contribution is -0.534. The number of rotatable bonds is 6. The first kappa shape index (κ1) is 12.6. The smallest absolute Gasteiger partial charge is 0.238 e. The summed E-state index contributed by atoms with van der Waals surface area (Å²) in [6.07, 6.45) is 0.610. The van der Waals surface area contributed by atoms with E-state index in [0.29, 0.717) is 19.3 Å². The first-order valence-corrected chi connectivity index (χ1v) is 5.50. The Labute approximate surface area is 95.1 Å². The summed E-state index contributed by atoms with van der Waals surface area (Å²) in [5.41, 5.74) is 1.10. The maximum absolute atomic E-state index is 10.6. The summed E-state index contributed by atoms with van der Waals surface area (Å²) in [5.74, 6) is 0. The molecule has 1 aromatic carbocycles. The van der Waals surface area contributed by atoms with Crippen LogP contribution in [0.25, 0.3) is 0 Å². The summed E-state index contributed by atoms with van der Waals surface area (Å²) in [7, 11) is 0. The monoisotopic (exact) mass is 223 g/mol. The average Bonchev–Trinajstić information content (AvgIpc) is 2.28. The van der Waals surface area contributed by atoms with E-state index >= 15 is 0 Å². The third-order valence-corrected chi connectivity index (χ3v) is 2.70. The van der Waals surface area contributed by atoms with Crippen LogP contribution < -0.4 is 0 Å². The van der Waals surface area contributed by atoms with Gasteiger partial charge in [0, 0.05) is 11.3 Å². The fourth-order valence-electron chi connectivity index (χ4n) is 1.71. The molecule has 0 saturated carbocycles. The second kappa shape index (κ2) is 6.23. The van der Waals surface area contributed by atoms with Crippen LogP contribution in [0.3, 0.4) is 0 Å². The molecule has 0 heterocycles. The largest absolute Gasteiger partial charge is 0.386 e. The van der Waals surface area contributed by atoms with Crippen LogP contribution >= 0.6 is 0 Å². The van der Waals surface area contributed by atoms with Crippen LogP contribution in [0.2, 0.25) is 0 Å². The number of aliphatic hydroxyl groups excluding tert-OH is 1. The van der Waals surface area contributed by atoms with Gasteiger partial charge < -0.3 is 5.11 Å². The number of aliphatic hydroxyl groups is 1. The van der Waals surface area contributed by atoms with Gasteiger partial charge in [-0.3, -0.25) is 10.1 Å². The minimum absolute atomic E-state index is 0.364. The van der Waals surface area contributed by atoms with Crippen molar-refractivity contribution in [1.82, 2.24) is 0 Å². The lowest BCUT2D eigenvalue weighted by Crippen LogP contribution is -2.33. The van der Waals surface area contributed by atoms with Gasteiger partial charge in [-0.15, -0.1) is 0 Å². The normalized spacial score (nSPS) is 14.4. The van der Waals surface area contributed by atoms with Crippen molar-refractivity contribution < 1.29 is 10.0 Å². The molecule has 0 bridgehead atoms. The molecule has 0 aliphatic carbocycles. The van der Waals surface area contributed by atoms with Crippen LogP contribution in [0.1, 0.15) is 25.3 Å². The number of hydrogen-bond acceptors (Lipinski definition) is 3. The number of hydrogen-bond donors (Lipinski definition) is 1. The van der Waals surface area contributed by atoms with E-state index in [0.717, 1.165) is 5.56 Å². The van der Waals surface area contributed by atoms with Crippen molar-refractivity contribution >= 4 is 0 Å². The molecule has 0 aliphatic rings. The molecular weight excluding hydrogens is 206 g/mol. The average molecular weight is 223 g/mol. The molecule has 4 nitrogen and oxygen atoms in total. The van der Waals surface area contributed by atoms with E-state index < -0.39 is 17.1 Å². The molecule has 16 heavy (non-hydrogen) atoms. The van der Waals surface area contributed by atoms with Crippen molar-refractivity contribution in [2.45, 2.75) is 38.3 Å². The van der Waals surface area contributed by atoms with Crippen molar-refractivity contribution in [2.75, 3.05) is 0 Å². The second-order valence-electron chi connectivity index (χ2n) is 3.85. The minimum Gasteiger partial charge on any atom is -0.386 e. The van der Waals surface area contributed by atoms with Gasteiger partial charge in [0.2, 0.25) is 6.04 Å². The summed E-state index contributed by atoms with van der Waals surface area (Å²) < 4.78 is 0. The molecule has 1 aromatic rings. The topological polar surface area (TPSA) is 63.4 Å². The Balaban J connectivity index is 2.46. The Hall–Kier alpha value is -1.42. The summed E-state index contributed by atoms with van der Waals surface area (Å²) in [6.45, 7) is 1.72. The first-order chi connectivity index (χ1) is 7.65. The zero-order valence-electron chi connectivity index (χ0n) is 9.37. The van der Waals surface area contributed by atoms with Gasteiger partial charge in [0.25, 0.3) is 0 Å². The summed E-state index contributed by atoms with van der Waals surface area (Å²) in [5, 5.41) is 20.3. The van der Waals surface area contributed by atoms with Gasteiger partial charge in [0.15, 0.2) is 0 Å². The van der Waals surface area contributed by atoms with Gasteiger partial charge in [-0.1, -0.05) is 37.3 Å². The SMILES string of the molecule is CC[C@@H]([C@H](O)CCc1ccccc1)[N+](=O)[O-]. The van der Waals surface area contributed by atoms with E-state index in [9.17, 15) is 15.2 Å². The van der Waals surface area contributed by atoms with E-state index in [1.54, 1.807) is 6.92 Å². The van der Waals surface area contributed by atoms with Crippen molar-refractivity contribution in [3.8, 4) is 0 Å². The van der Waals surface area contributed by atoms with Gasteiger partial charge in [-0.2, -0.15) is 0 Å². The molecule has 1 rings (SSSR count). The summed E-state index contributed by atoms with van der Waals surface area (Å²) >= 11 is 0. The fourth-order valence-corrected chi connectivity index (χ4v) is 1.71. The number of aryl methyl sites for hydroxylation is 1. The maximum Gasteiger partial charge on any atom is 0.238 e. The highest BCUT2D eigenvalue weighted by molar-refractivity contribution is 5.14. The zero-order valence-corrected chi connectivity index (χ0v) is 9.37. The van der Waals surface area contributed by atoms with Crippen LogP contribution in [0, 0.1) is 10.1 Å². The Kier molecular flexibility index (Phi) is 4.92. The molecule has 4 heteroatoms. The summed E-state index contributed by atoms with van der Waals surface area (Å²) in [6, 6.07) is 8.84. The highest BCUT2D eigenvalue weighted by Gasteiger charge is 2.27. The van der Waals surface area contributed by atoms with E-state index in [-0.39, 0.29) is 0 Å². The van der Waals surface area contributed by atoms with Crippen LogP contribution in [0.4, 0.5) is 0 Å². The quantitative estimate of drug-likeness (QED) is 0.593.